The number of aryl methyl sites for hydroxylation is 1. The molecule has 2 aromatic carbocycles. The molecule has 0 fully saturated rings. The molecule has 0 aliphatic heterocycles. The first-order valence-corrected chi connectivity index (χ1v) is 10.0. The molecule has 0 bridgehead atoms. The van der Waals surface area contributed by atoms with Crippen LogP contribution in [0.4, 0.5) is 20.2 Å². The number of nitrogens with one attached hydrogen (secondary N) is 1. The number of rotatable bonds is 4. The summed E-state index contributed by atoms with van der Waals surface area (Å²) in [7, 11) is 1.51. The van der Waals surface area contributed by atoms with Gasteiger partial charge in [-0.1, -0.05) is 50.0 Å². The van der Waals surface area contributed by atoms with Crippen LogP contribution < -0.4 is 5.32 Å². The Labute approximate surface area is 192 Å². The Hall–Kier alpha value is -3.04. The van der Waals surface area contributed by atoms with Crippen molar-refractivity contribution < 1.29 is 18.5 Å². The van der Waals surface area contributed by atoms with Crippen molar-refractivity contribution in [2.75, 3.05) is 5.32 Å². The number of nitro groups is 1. The number of nitrogens with zero attached hydrogens (tertiary/aromatic N) is 3. The maximum absolute atomic E-state index is 14.2. The molecule has 3 rings (SSSR count). The maximum atomic E-state index is 14.2. The Bertz CT molecular complexity index is 1230. The molecule has 0 unspecified atom stereocenters. The Balaban J connectivity index is 2.09. The van der Waals surface area contributed by atoms with Gasteiger partial charge in [0.2, 0.25) is 0 Å². The summed E-state index contributed by atoms with van der Waals surface area (Å²) < 4.78 is 29.6. The number of aromatic nitrogens is 2. The van der Waals surface area contributed by atoms with E-state index in [9.17, 15) is 23.7 Å². The van der Waals surface area contributed by atoms with Crippen molar-refractivity contribution in [1.29, 1.82) is 0 Å². The molecule has 0 spiro atoms. The summed E-state index contributed by atoms with van der Waals surface area (Å²) in [6, 6.07) is 5.28. The number of hydrogen-bond acceptors (Lipinski definition) is 4. The van der Waals surface area contributed by atoms with Gasteiger partial charge in [0.05, 0.1) is 26.2 Å². The summed E-state index contributed by atoms with van der Waals surface area (Å²) in [5, 5.41) is 18.2. The molecular formula is C21H18Cl2F2N4O3. The number of benzene rings is 2. The third-order valence-corrected chi connectivity index (χ3v) is 5.33. The minimum atomic E-state index is -0.913. The second-order valence-corrected chi connectivity index (χ2v) is 8.83. The summed E-state index contributed by atoms with van der Waals surface area (Å²) in [6.45, 7) is 5.60. The molecule has 32 heavy (non-hydrogen) atoms. The van der Waals surface area contributed by atoms with Gasteiger partial charge in [0.25, 0.3) is 11.6 Å². The third kappa shape index (κ3) is 4.31. The molecule has 0 saturated carbocycles. The van der Waals surface area contributed by atoms with Crippen LogP contribution >= 0.6 is 23.2 Å². The zero-order valence-corrected chi connectivity index (χ0v) is 19.0. The van der Waals surface area contributed by atoms with E-state index in [4.69, 9.17) is 23.2 Å². The molecule has 0 aliphatic carbocycles. The van der Waals surface area contributed by atoms with Gasteiger partial charge in [-0.2, -0.15) is 5.10 Å². The predicted molar refractivity (Wildman–Crippen MR) is 118 cm³/mol. The Morgan fingerprint density at radius 2 is 1.78 bits per heavy atom. The summed E-state index contributed by atoms with van der Waals surface area (Å²) in [4.78, 5) is 23.8. The van der Waals surface area contributed by atoms with E-state index in [0.29, 0.717) is 5.69 Å². The number of carbonyl (C=O) groups is 1. The van der Waals surface area contributed by atoms with Gasteiger partial charge in [-0.05, 0) is 23.8 Å². The fraction of sp³-hybridized carbons (Fsp3) is 0.238. The van der Waals surface area contributed by atoms with Gasteiger partial charge in [0, 0.05) is 18.5 Å². The Kier molecular flexibility index (Phi) is 6.26. The van der Waals surface area contributed by atoms with Gasteiger partial charge < -0.3 is 5.32 Å². The average molecular weight is 483 g/mol. The second kappa shape index (κ2) is 8.48. The van der Waals surface area contributed by atoms with Crippen molar-refractivity contribution in [1.82, 2.24) is 9.78 Å². The molecule has 7 nitrogen and oxygen atoms in total. The minimum Gasteiger partial charge on any atom is -0.314 e. The summed E-state index contributed by atoms with van der Waals surface area (Å²) in [5.74, 6) is -2.61. The SMILES string of the molecule is Cn1nc(C(C)(C)C)c(Cl)c1C(=O)Nc1c(Cl)cc(-c2c(F)cccc2F)cc1[N+](=O)[O-]. The number of anilines is 1. The van der Waals surface area contributed by atoms with Crippen LogP contribution in [0.1, 0.15) is 37.0 Å². The predicted octanol–water partition coefficient (Wildman–Crippen LogP) is 6.13. The molecule has 168 valence electrons. The van der Waals surface area contributed by atoms with Gasteiger partial charge in [0.1, 0.15) is 23.0 Å². The molecule has 1 aromatic heterocycles. The Morgan fingerprint density at radius 3 is 2.28 bits per heavy atom. The molecule has 3 aromatic rings. The van der Waals surface area contributed by atoms with Crippen LogP contribution in [0.3, 0.4) is 0 Å². The fourth-order valence-corrected chi connectivity index (χ4v) is 3.97. The highest BCUT2D eigenvalue weighted by Gasteiger charge is 2.30. The molecule has 0 atom stereocenters. The van der Waals surface area contributed by atoms with Crippen LogP contribution in [0, 0.1) is 21.7 Å². The lowest BCUT2D eigenvalue weighted by atomic mass is 9.92. The Morgan fingerprint density at radius 1 is 1.19 bits per heavy atom. The topological polar surface area (TPSA) is 90.1 Å². The molecule has 1 heterocycles. The second-order valence-electron chi connectivity index (χ2n) is 8.04. The van der Waals surface area contributed by atoms with Gasteiger partial charge in [0.15, 0.2) is 0 Å². The van der Waals surface area contributed by atoms with Crippen molar-refractivity contribution in [3.63, 3.8) is 0 Å². The van der Waals surface area contributed by atoms with Crippen molar-refractivity contribution in [3.8, 4) is 11.1 Å². The molecule has 1 N–H and O–H groups in total. The van der Waals surface area contributed by atoms with E-state index in [0.717, 1.165) is 24.3 Å². The van der Waals surface area contributed by atoms with Crippen molar-refractivity contribution in [2.45, 2.75) is 26.2 Å². The number of nitro benzene ring substituents is 1. The van der Waals surface area contributed by atoms with Crippen LogP contribution in [0.2, 0.25) is 10.0 Å². The van der Waals surface area contributed by atoms with Crippen LogP contribution in [0.5, 0.6) is 0 Å². The molecule has 11 heteroatoms. The summed E-state index contributed by atoms with van der Waals surface area (Å²) >= 11 is 12.6. The molecule has 0 saturated heterocycles. The van der Waals surface area contributed by atoms with E-state index in [-0.39, 0.29) is 27.0 Å². The van der Waals surface area contributed by atoms with Crippen LogP contribution in [-0.4, -0.2) is 20.6 Å². The molecule has 0 aliphatic rings. The van der Waals surface area contributed by atoms with Crippen LogP contribution in [0.25, 0.3) is 11.1 Å². The summed E-state index contributed by atoms with van der Waals surface area (Å²) in [6.07, 6.45) is 0. The maximum Gasteiger partial charge on any atom is 0.294 e. The minimum absolute atomic E-state index is 0.0221. The van der Waals surface area contributed by atoms with Gasteiger partial charge in [-0.25, -0.2) is 8.78 Å². The summed E-state index contributed by atoms with van der Waals surface area (Å²) in [5.41, 5.74) is -1.61. The van der Waals surface area contributed by atoms with Gasteiger partial charge in [-0.15, -0.1) is 0 Å². The number of hydrogen-bond donors (Lipinski definition) is 1. The van der Waals surface area contributed by atoms with E-state index in [1.165, 1.54) is 17.8 Å². The first-order chi connectivity index (χ1) is 14.8. The fourth-order valence-electron chi connectivity index (χ4n) is 3.17. The monoisotopic (exact) mass is 482 g/mol. The first-order valence-electron chi connectivity index (χ1n) is 9.29. The lowest BCUT2D eigenvalue weighted by Gasteiger charge is -2.15. The quantitative estimate of drug-likeness (QED) is 0.357. The number of halogens is 4. The lowest BCUT2D eigenvalue weighted by molar-refractivity contribution is -0.383. The van der Waals surface area contributed by atoms with E-state index < -0.39 is 39.1 Å². The highest BCUT2D eigenvalue weighted by molar-refractivity contribution is 6.36. The van der Waals surface area contributed by atoms with Crippen LogP contribution in [-0.2, 0) is 12.5 Å². The van der Waals surface area contributed by atoms with Crippen LogP contribution in [0.15, 0.2) is 30.3 Å². The van der Waals surface area contributed by atoms with E-state index in [2.05, 4.69) is 10.4 Å². The number of carbonyl (C=O) groups excluding carboxylic acids is 1. The van der Waals surface area contributed by atoms with Crippen molar-refractivity contribution in [3.05, 3.63) is 73.5 Å². The smallest absolute Gasteiger partial charge is 0.294 e. The zero-order chi connectivity index (χ0) is 24.0. The molecule has 0 radical (unpaired) electrons. The first kappa shape index (κ1) is 23.6. The average Bonchev–Trinajstić information content (AvgIpc) is 2.97. The zero-order valence-electron chi connectivity index (χ0n) is 17.5. The third-order valence-electron chi connectivity index (χ3n) is 4.67. The normalized spacial score (nSPS) is 11.5. The molecular weight excluding hydrogens is 465 g/mol. The van der Waals surface area contributed by atoms with E-state index in [1.807, 2.05) is 20.8 Å². The highest BCUT2D eigenvalue weighted by atomic mass is 35.5. The van der Waals surface area contributed by atoms with E-state index >= 15 is 0 Å². The van der Waals surface area contributed by atoms with Crippen molar-refractivity contribution >= 4 is 40.5 Å². The van der Waals surface area contributed by atoms with E-state index in [1.54, 1.807) is 0 Å². The largest absolute Gasteiger partial charge is 0.314 e. The standard InChI is InChI=1S/C21H18Cl2F2N4O3/c1-21(2,3)19-16(23)18(28(4)27-19)20(30)26-17-11(22)8-10(9-14(17)29(31)32)15-12(24)6-5-7-13(15)25/h5-9H,1-4H3,(H,26,30). The number of amides is 1. The lowest BCUT2D eigenvalue weighted by Crippen LogP contribution is -2.18. The molecule has 1 amide bonds. The van der Waals surface area contributed by atoms with Gasteiger partial charge in [-0.3, -0.25) is 19.6 Å². The van der Waals surface area contributed by atoms with Crippen molar-refractivity contribution in [2.24, 2.45) is 7.05 Å². The highest BCUT2D eigenvalue weighted by Crippen LogP contribution is 2.39. The van der Waals surface area contributed by atoms with Gasteiger partial charge >= 0.3 is 0 Å².